The fourth-order valence-electron chi connectivity index (χ4n) is 2.78. The van der Waals surface area contributed by atoms with E-state index in [-0.39, 0.29) is 0 Å². The summed E-state index contributed by atoms with van der Waals surface area (Å²) in [6.07, 6.45) is 8.01. The second kappa shape index (κ2) is 6.29. The highest BCUT2D eigenvalue weighted by molar-refractivity contribution is 8.14. The van der Waals surface area contributed by atoms with Crippen molar-refractivity contribution in [1.29, 1.82) is 0 Å². The van der Waals surface area contributed by atoms with Gasteiger partial charge in [-0.25, -0.2) is 0 Å². The highest BCUT2D eigenvalue weighted by atomic mass is 32.2. The standard InChI is InChI=1S/C14H27N3S/c1-12(7-10-17(2)3)15-13-16-14(11-18-13)8-5-4-6-9-14/h12H,4-11H2,1-3H3,(H,15,16). The summed E-state index contributed by atoms with van der Waals surface area (Å²) in [5, 5.41) is 4.92. The number of thioether (sulfide) groups is 1. The molecule has 1 saturated carbocycles. The van der Waals surface area contributed by atoms with Crippen LogP contribution in [0.15, 0.2) is 4.99 Å². The van der Waals surface area contributed by atoms with E-state index in [4.69, 9.17) is 4.99 Å². The minimum Gasteiger partial charge on any atom is -0.359 e. The van der Waals surface area contributed by atoms with Gasteiger partial charge >= 0.3 is 0 Å². The first kappa shape index (κ1) is 14.2. The Morgan fingerprint density at radius 2 is 2.06 bits per heavy atom. The molecule has 104 valence electrons. The molecular weight excluding hydrogens is 242 g/mol. The first-order valence-corrected chi connectivity index (χ1v) is 8.22. The van der Waals surface area contributed by atoms with E-state index < -0.39 is 0 Å². The number of amidine groups is 1. The average Bonchev–Trinajstić information content (AvgIpc) is 2.70. The number of hydrogen-bond donors (Lipinski definition) is 1. The number of aliphatic imine (C=N–C) groups is 1. The Morgan fingerprint density at radius 1 is 1.33 bits per heavy atom. The van der Waals surface area contributed by atoms with Crippen LogP contribution >= 0.6 is 11.8 Å². The van der Waals surface area contributed by atoms with Crippen molar-refractivity contribution < 1.29 is 0 Å². The van der Waals surface area contributed by atoms with E-state index in [9.17, 15) is 0 Å². The quantitative estimate of drug-likeness (QED) is 0.850. The molecule has 2 rings (SSSR count). The van der Waals surface area contributed by atoms with E-state index in [0.717, 1.165) is 13.0 Å². The topological polar surface area (TPSA) is 27.6 Å². The lowest BCUT2D eigenvalue weighted by Crippen LogP contribution is -2.45. The Morgan fingerprint density at radius 3 is 2.72 bits per heavy atom. The molecule has 1 N–H and O–H groups in total. The first-order valence-electron chi connectivity index (χ1n) is 7.23. The van der Waals surface area contributed by atoms with Crippen molar-refractivity contribution in [2.24, 2.45) is 4.99 Å². The van der Waals surface area contributed by atoms with E-state index in [2.05, 4.69) is 31.2 Å². The van der Waals surface area contributed by atoms with Crippen molar-refractivity contribution in [1.82, 2.24) is 10.2 Å². The lowest BCUT2D eigenvalue weighted by Gasteiger charge is -2.32. The second-order valence-corrected chi connectivity index (χ2v) is 7.09. The summed E-state index contributed by atoms with van der Waals surface area (Å²) < 4.78 is 0. The van der Waals surface area contributed by atoms with Crippen LogP contribution in [-0.4, -0.2) is 48.0 Å². The van der Waals surface area contributed by atoms with Crippen molar-refractivity contribution in [3.63, 3.8) is 0 Å². The van der Waals surface area contributed by atoms with Crippen LogP contribution in [0.1, 0.15) is 45.4 Å². The molecule has 2 fully saturated rings. The third-order valence-electron chi connectivity index (χ3n) is 4.00. The molecule has 1 aliphatic carbocycles. The van der Waals surface area contributed by atoms with Crippen LogP contribution in [0, 0.1) is 0 Å². The van der Waals surface area contributed by atoms with Gasteiger partial charge in [0.05, 0.1) is 6.04 Å². The predicted molar refractivity (Wildman–Crippen MR) is 81.5 cm³/mol. The molecule has 0 radical (unpaired) electrons. The lowest BCUT2D eigenvalue weighted by molar-refractivity contribution is 0.303. The molecule has 1 atom stereocenters. The Bertz CT molecular complexity index is 295. The molecule has 3 nitrogen and oxygen atoms in total. The lowest BCUT2D eigenvalue weighted by atomic mass is 9.83. The summed E-state index contributed by atoms with van der Waals surface area (Å²) in [5.41, 5.74) is 0.392. The van der Waals surface area contributed by atoms with Gasteiger partial charge in [-0.15, -0.1) is 0 Å². The van der Waals surface area contributed by atoms with Gasteiger partial charge in [0.25, 0.3) is 0 Å². The van der Waals surface area contributed by atoms with E-state index in [1.54, 1.807) is 0 Å². The van der Waals surface area contributed by atoms with Crippen LogP contribution in [-0.2, 0) is 0 Å². The molecule has 0 bridgehead atoms. The monoisotopic (exact) mass is 269 g/mol. The van der Waals surface area contributed by atoms with E-state index in [1.165, 1.54) is 43.0 Å². The zero-order chi connectivity index (χ0) is 13.0. The van der Waals surface area contributed by atoms with Crippen molar-refractivity contribution in [3.8, 4) is 0 Å². The third-order valence-corrected chi connectivity index (χ3v) is 5.18. The number of rotatable bonds is 4. The van der Waals surface area contributed by atoms with Crippen molar-refractivity contribution >= 4 is 16.9 Å². The minimum atomic E-state index is 0.392. The van der Waals surface area contributed by atoms with Gasteiger partial charge in [0.1, 0.15) is 0 Å². The molecule has 0 aromatic heterocycles. The molecule has 2 aliphatic rings. The van der Waals surface area contributed by atoms with Gasteiger partial charge in [0, 0.05) is 11.3 Å². The maximum absolute atomic E-state index is 4.84. The van der Waals surface area contributed by atoms with Gasteiger partial charge in [-0.1, -0.05) is 31.0 Å². The highest BCUT2D eigenvalue weighted by Crippen LogP contribution is 2.36. The number of nitrogens with zero attached hydrogens (tertiary/aromatic N) is 2. The Kier molecular flexibility index (Phi) is 4.96. The summed E-state index contributed by atoms with van der Waals surface area (Å²) in [6.45, 7) is 3.35. The Hall–Kier alpha value is -0.220. The maximum Gasteiger partial charge on any atom is 0.157 e. The molecule has 0 amide bonds. The first-order chi connectivity index (χ1) is 8.60. The van der Waals surface area contributed by atoms with Gasteiger partial charge in [-0.05, 0) is 46.8 Å². The summed E-state index contributed by atoms with van der Waals surface area (Å²) in [7, 11) is 4.25. The van der Waals surface area contributed by atoms with Crippen molar-refractivity contribution in [2.45, 2.75) is 57.0 Å². The molecule has 1 aliphatic heterocycles. The van der Waals surface area contributed by atoms with E-state index in [0.29, 0.717) is 11.6 Å². The average molecular weight is 269 g/mol. The fraction of sp³-hybridized carbons (Fsp3) is 0.929. The van der Waals surface area contributed by atoms with E-state index >= 15 is 0 Å². The summed E-state index contributed by atoms with van der Waals surface area (Å²) in [5.74, 6) is 1.23. The van der Waals surface area contributed by atoms with Crippen LogP contribution in [0.5, 0.6) is 0 Å². The number of nitrogens with one attached hydrogen (secondary N) is 1. The van der Waals surface area contributed by atoms with Crippen molar-refractivity contribution in [2.75, 3.05) is 26.4 Å². The highest BCUT2D eigenvalue weighted by Gasteiger charge is 2.38. The molecule has 1 spiro atoms. The van der Waals surface area contributed by atoms with E-state index in [1.807, 2.05) is 11.8 Å². The molecule has 4 heteroatoms. The molecule has 18 heavy (non-hydrogen) atoms. The molecule has 0 aromatic rings. The van der Waals surface area contributed by atoms with Gasteiger partial charge in [0.2, 0.25) is 0 Å². The SMILES string of the molecule is CC(CCN(C)C)N=C1NC2(CCCCC2)CS1. The molecule has 0 aromatic carbocycles. The minimum absolute atomic E-state index is 0.392. The van der Waals surface area contributed by atoms with Crippen LogP contribution in [0.25, 0.3) is 0 Å². The van der Waals surface area contributed by atoms with Crippen LogP contribution < -0.4 is 5.32 Å². The molecule has 1 unspecified atom stereocenters. The third kappa shape index (κ3) is 3.89. The van der Waals surface area contributed by atoms with Crippen LogP contribution in [0.4, 0.5) is 0 Å². The molecular formula is C14H27N3S. The molecule has 1 heterocycles. The summed E-state index contributed by atoms with van der Waals surface area (Å²) in [4.78, 5) is 7.07. The second-order valence-electron chi connectivity index (χ2n) is 6.13. The zero-order valence-electron chi connectivity index (χ0n) is 12.0. The van der Waals surface area contributed by atoms with Gasteiger partial charge in [0.15, 0.2) is 5.17 Å². The van der Waals surface area contributed by atoms with Crippen LogP contribution in [0.2, 0.25) is 0 Å². The van der Waals surface area contributed by atoms with Crippen molar-refractivity contribution in [3.05, 3.63) is 0 Å². The Labute approximate surface area is 116 Å². The van der Waals surface area contributed by atoms with Gasteiger partial charge in [-0.2, -0.15) is 0 Å². The maximum atomic E-state index is 4.84. The number of hydrogen-bond acceptors (Lipinski definition) is 3. The normalized spacial score (nSPS) is 26.8. The zero-order valence-corrected chi connectivity index (χ0v) is 12.9. The van der Waals surface area contributed by atoms with Gasteiger partial charge in [-0.3, -0.25) is 4.99 Å². The summed E-state index contributed by atoms with van der Waals surface area (Å²) in [6, 6.07) is 0.432. The largest absolute Gasteiger partial charge is 0.359 e. The fourth-order valence-corrected chi connectivity index (χ4v) is 4.10. The Balaban J connectivity index is 1.83. The summed E-state index contributed by atoms with van der Waals surface area (Å²) >= 11 is 1.94. The van der Waals surface area contributed by atoms with Crippen LogP contribution in [0.3, 0.4) is 0 Å². The van der Waals surface area contributed by atoms with Gasteiger partial charge < -0.3 is 10.2 Å². The smallest absolute Gasteiger partial charge is 0.157 e. The molecule has 1 saturated heterocycles. The predicted octanol–water partition coefficient (Wildman–Crippen LogP) is 2.72.